The van der Waals surface area contributed by atoms with Crippen molar-refractivity contribution in [2.45, 2.75) is 10.8 Å². The highest BCUT2D eigenvalue weighted by Gasteiger charge is 2.11. The van der Waals surface area contributed by atoms with Gasteiger partial charge < -0.3 is 10.1 Å². The molecule has 8 heteroatoms. The average Bonchev–Trinajstić information content (AvgIpc) is 3.15. The molecule has 3 rings (SSSR count). The number of ketones is 1. The summed E-state index contributed by atoms with van der Waals surface area (Å²) in [5, 5.41) is 5.25. The van der Waals surface area contributed by atoms with Crippen molar-refractivity contribution in [3.8, 4) is 5.75 Å². The van der Waals surface area contributed by atoms with E-state index in [2.05, 4.69) is 10.3 Å². The number of halogens is 1. The van der Waals surface area contributed by atoms with Gasteiger partial charge in [-0.1, -0.05) is 23.4 Å². The predicted octanol–water partition coefficient (Wildman–Crippen LogP) is 4.96. The number of carbonyl (C=O) groups excluding carboxylic acids is 2. The maximum atomic E-state index is 12.3. The number of nitrogens with zero attached hydrogens (tertiary/aromatic N) is 1. The Labute approximate surface area is 176 Å². The normalized spacial score (nSPS) is 10.5. The lowest BCUT2D eigenvalue weighted by molar-refractivity contribution is -0.115. The van der Waals surface area contributed by atoms with Gasteiger partial charge in [-0.25, -0.2) is 4.98 Å². The number of carbonyl (C=O) groups is 2. The van der Waals surface area contributed by atoms with Crippen molar-refractivity contribution in [1.82, 2.24) is 4.98 Å². The first kappa shape index (κ1) is 20.4. The van der Waals surface area contributed by atoms with Gasteiger partial charge >= 0.3 is 0 Å². The van der Waals surface area contributed by atoms with Crippen LogP contribution in [0.4, 0.5) is 5.69 Å². The first-order valence-electron chi connectivity index (χ1n) is 8.33. The van der Waals surface area contributed by atoms with E-state index in [1.807, 2.05) is 5.38 Å². The summed E-state index contributed by atoms with van der Waals surface area (Å²) in [6, 6.07) is 13.9. The minimum atomic E-state index is -0.154. The molecule has 28 heavy (non-hydrogen) atoms. The smallest absolute Gasteiger partial charge is 0.230 e. The fraction of sp³-hybridized carbons (Fsp3) is 0.150. The minimum Gasteiger partial charge on any atom is -0.497 e. The van der Waals surface area contributed by atoms with Gasteiger partial charge in [-0.15, -0.1) is 11.3 Å². The average molecular weight is 433 g/mol. The lowest BCUT2D eigenvalue weighted by Gasteiger charge is -2.03. The number of benzene rings is 2. The minimum absolute atomic E-state index is 0.0184. The van der Waals surface area contributed by atoms with Gasteiger partial charge in [0.1, 0.15) is 5.75 Å². The van der Waals surface area contributed by atoms with Gasteiger partial charge in [0.25, 0.3) is 0 Å². The molecule has 0 saturated heterocycles. The fourth-order valence-corrected chi connectivity index (χ4v) is 4.19. The molecule has 1 aromatic heterocycles. The molecular formula is C20H17ClN2O3S2. The number of amides is 1. The topological polar surface area (TPSA) is 68.3 Å². The molecule has 0 aliphatic carbocycles. The Morgan fingerprint density at radius 1 is 1.14 bits per heavy atom. The maximum Gasteiger partial charge on any atom is 0.230 e. The number of anilines is 1. The van der Waals surface area contributed by atoms with Crippen LogP contribution >= 0.6 is 34.7 Å². The van der Waals surface area contributed by atoms with Gasteiger partial charge in [0, 0.05) is 21.7 Å². The summed E-state index contributed by atoms with van der Waals surface area (Å²) in [6.45, 7) is 0. The van der Waals surface area contributed by atoms with Gasteiger partial charge in [0.15, 0.2) is 10.1 Å². The van der Waals surface area contributed by atoms with E-state index in [9.17, 15) is 9.59 Å². The lowest BCUT2D eigenvalue weighted by atomic mass is 10.1. The van der Waals surface area contributed by atoms with Crippen LogP contribution in [0.15, 0.2) is 58.3 Å². The zero-order valence-corrected chi connectivity index (χ0v) is 17.4. The zero-order chi connectivity index (χ0) is 19.9. The summed E-state index contributed by atoms with van der Waals surface area (Å²) in [4.78, 5) is 28.8. The Hall–Kier alpha value is -2.35. The summed E-state index contributed by atoms with van der Waals surface area (Å²) in [5.41, 5.74) is 1.99. The number of hydrogen-bond acceptors (Lipinski definition) is 6. The van der Waals surface area contributed by atoms with E-state index in [1.54, 1.807) is 55.6 Å². The Bertz CT molecular complexity index is 956. The van der Waals surface area contributed by atoms with Crippen LogP contribution in [0.1, 0.15) is 16.1 Å². The van der Waals surface area contributed by atoms with E-state index >= 15 is 0 Å². The van der Waals surface area contributed by atoms with Crippen LogP contribution in [0.2, 0.25) is 5.02 Å². The van der Waals surface area contributed by atoms with Crippen molar-refractivity contribution in [3.63, 3.8) is 0 Å². The highest BCUT2D eigenvalue weighted by atomic mass is 35.5. The van der Waals surface area contributed by atoms with Crippen LogP contribution in [-0.4, -0.2) is 29.5 Å². The van der Waals surface area contributed by atoms with Crippen LogP contribution in [-0.2, 0) is 11.2 Å². The van der Waals surface area contributed by atoms with Crippen molar-refractivity contribution >= 4 is 52.1 Å². The number of thioether (sulfide) groups is 1. The third kappa shape index (κ3) is 5.82. The Kier molecular flexibility index (Phi) is 7.08. The van der Waals surface area contributed by atoms with E-state index in [-0.39, 0.29) is 23.9 Å². The number of rotatable bonds is 8. The number of ether oxygens (including phenoxy) is 1. The number of nitrogens with one attached hydrogen (secondary N) is 1. The molecule has 0 bridgehead atoms. The van der Waals surface area contributed by atoms with Crippen molar-refractivity contribution in [2.24, 2.45) is 0 Å². The molecule has 0 atom stereocenters. The zero-order valence-electron chi connectivity index (χ0n) is 15.0. The summed E-state index contributed by atoms with van der Waals surface area (Å²) in [7, 11) is 1.59. The van der Waals surface area contributed by atoms with Crippen LogP contribution in [0, 0.1) is 0 Å². The van der Waals surface area contributed by atoms with Crippen molar-refractivity contribution in [3.05, 3.63) is 70.2 Å². The summed E-state index contributed by atoms with van der Waals surface area (Å²) in [6.07, 6.45) is 0.173. The van der Waals surface area contributed by atoms with Gasteiger partial charge in [-0.3, -0.25) is 9.59 Å². The molecule has 0 aliphatic heterocycles. The van der Waals surface area contributed by atoms with Gasteiger partial charge in [-0.05, 0) is 48.5 Å². The summed E-state index contributed by atoms with van der Waals surface area (Å²) >= 11 is 8.62. The predicted molar refractivity (Wildman–Crippen MR) is 114 cm³/mol. The number of Topliss-reactive ketones (excluding diaryl/α,β-unsaturated/α-hetero) is 1. The van der Waals surface area contributed by atoms with Crippen molar-refractivity contribution in [2.75, 3.05) is 18.2 Å². The van der Waals surface area contributed by atoms with E-state index in [4.69, 9.17) is 16.3 Å². The largest absolute Gasteiger partial charge is 0.497 e. The Morgan fingerprint density at radius 3 is 2.54 bits per heavy atom. The Morgan fingerprint density at radius 2 is 1.86 bits per heavy atom. The molecule has 0 unspecified atom stereocenters. The van der Waals surface area contributed by atoms with Crippen LogP contribution < -0.4 is 10.1 Å². The molecule has 2 aromatic carbocycles. The first-order chi connectivity index (χ1) is 13.5. The highest BCUT2D eigenvalue weighted by molar-refractivity contribution is 8.01. The number of methoxy groups -OCH3 is 1. The molecule has 144 valence electrons. The molecule has 0 aliphatic rings. The summed E-state index contributed by atoms with van der Waals surface area (Å²) in [5.74, 6) is 0.866. The fourth-order valence-electron chi connectivity index (χ4n) is 2.33. The second-order valence-corrected chi connectivity index (χ2v) is 8.29. The summed E-state index contributed by atoms with van der Waals surface area (Å²) < 4.78 is 5.85. The standard InChI is InChI=1S/C20H17ClN2O3S2/c1-26-17-8-2-13(3-9-17)18(24)12-28-20-23-16(11-27-20)10-19(25)22-15-6-4-14(21)5-7-15/h2-9,11H,10,12H2,1H3,(H,22,25). The first-order valence-corrected chi connectivity index (χ1v) is 10.6. The number of aromatic nitrogens is 1. The van der Waals surface area contributed by atoms with Crippen LogP contribution in [0.25, 0.3) is 0 Å². The second-order valence-electron chi connectivity index (χ2n) is 5.78. The Balaban J connectivity index is 1.49. The molecule has 0 radical (unpaired) electrons. The van der Waals surface area contributed by atoms with Crippen LogP contribution in [0.3, 0.4) is 0 Å². The van der Waals surface area contributed by atoms with Gasteiger partial charge in [0.05, 0.1) is 25.0 Å². The van der Waals surface area contributed by atoms with E-state index in [0.29, 0.717) is 27.7 Å². The lowest BCUT2D eigenvalue weighted by Crippen LogP contribution is -2.14. The SMILES string of the molecule is COc1ccc(C(=O)CSc2nc(CC(=O)Nc3ccc(Cl)cc3)cs2)cc1. The number of thiazole rings is 1. The molecule has 5 nitrogen and oxygen atoms in total. The van der Waals surface area contributed by atoms with Crippen molar-refractivity contribution in [1.29, 1.82) is 0 Å². The maximum absolute atomic E-state index is 12.3. The molecule has 0 spiro atoms. The van der Waals surface area contributed by atoms with E-state index < -0.39 is 0 Å². The number of hydrogen-bond donors (Lipinski definition) is 1. The molecular weight excluding hydrogens is 416 g/mol. The molecule has 1 heterocycles. The molecule has 0 fully saturated rings. The molecule has 0 saturated carbocycles. The van der Waals surface area contributed by atoms with Crippen molar-refractivity contribution < 1.29 is 14.3 Å². The highest BCUT2D eigenvalue weighted by Crippen LogP contribution is 2.24. The van der Waals surface area contributed by atoms with Gasteiger partial charge in [-0.2, -0.15) is 0 Å². The van der Waals surface area contributed by atoms with E-state index in [1.165, 1.54) is 23.1 Å². The van der Waals surface area contributed by atoms with Gasteiger partial charge in [0.2, 0.25) is 5.91 Å². The molecule has 1 amide bonds. The molecule has 1 N–H and O–H groups in total. The van der Waals surface area contributed by atoms with Crippen LogP contribution in [0.5, 0.6) is 5.75 Å². The second kappa shape index (κ2) is 9.73. The monoisotopic (exact) mass is 432 g/mol. The third-order valence-electron chi connectivity index (χ3n) is 3.74. The molecule has 3 aromatic rings. The third-order valence-corrected chi connectivity index (χ3v) is 6.06. The quantitative estimate of drug-likeness (QED) is 0.402. The van der Waals surface area contributed by atoms with E-state index in [0.717, 1.165) is 4.34 Å².